The molecular weight excluding hydrogens is 1160 g/mol. The molecule has 1 unspecified atom stereocenters. The third kappa shape index (κ3) is 26.9. The molecule has 0 aromatic carbocycles. The van der Waals surface area contributed by atoms with Gasteiger partial charge in [0.05, 0.1) is 23.9 Å². The molecule has 0 aliphatic rings. The van der Waals surface area contributed by atoms with Gasteiger partial charge in [0.15, 0.2) is 0 Å². The molecule has 0 aromatic heterocycles. The lowest BCUT2D eigenvalue weighted by atomic mass is 9.91. The molecule has 0 saturated heterocycles. The summed E-state index contributed by atoms with van der Waals surface area (Å²) in [5, 5.41) is 48.3. The lowest BCUT2D eigenvalue weighted by Gasteiger charge is -2.40. The van der Waals surface area contributed by atoms with Gasteiger partial charge in [-0.25, -0.2) is 0 Å². The van der Waals surface area contributed by atoms with Crippen molar-refractivity contribution in [3.05, 3.63) is 12.2 Å². The summed E-state index contributed by atoms with van der Waals surface area (Å²) in [6, 6.07) is -12.5. The molecule has 10 amide bonds. The molecule has 26 heteroatoms. The number of aliphatic hydroxyl groups is 2. The van der Waals surface area contributed by atoms with E-state index in [1.807, 2.05) is 76.2 Å². The van der Waals surface area contributed by atoms with Crippen LogP contribution >= 0.6 is 0 Å². The lowest BCUT2D eigenvalue weighted by molar-refractivity contribution is -0.155. The van der Waals surface area contributed by atoms with E-state index >= 15 is 0 Å². The van der Waals surface area contributed by atoms with Crippen LogP contribution in [0.3, 0.4) is 0 Å². The summed E-state index contributed by atoms with van der Waals surface area (Å²) in [6.07, 6.45) is 0.718. The molecule has 518 valence electrons. The average molecular weight is 1280 g/mol. The molecule has 14 atom stereocenters. The van der Waals surface area contributed by atoms with Gasteiger partial charge in [0, 0.05) is 35.2 Å². The summed E-state index contributed by atoms with van der Waals surface area (Å²) < 4.78 is 6.05. The van der Waals surface area contributed by atoms with E-state index < -0.39 is 168 Å². The van der Waals surface area contributed by atoms with Crippen LogP contribution < -0.4 is 31.9 Å². The third-order valence-corrected chi connectivity index (χ3v) is 15.5. The van der Waals surface area contributed by atoms with Gasteiger partial charge in [-0.3, -0.25) is 52.7 Å². The second kappa shape index (κ2) is 38.6. The Morgan fingerprint density at radius 2 is 0.911 bits per heavy atom. The Hall–Kier alpha value is -6.25. The molecule has 0 aliphatic carbocycles. The number of hydrogen-bond donors (Lipinski definition) is 9. The van der Waals surface area contributed by atoms with E-state index in [4.69, 9.17) is 4.74 Å². The van der Waals surface area contributed by atoms with Crippen molar-refractivity contribution in [2.45, 2.75) is 248 Å². The number of allylic oxidation sites excluding steroid dienone is 2. The minimum atomic E-state index is -1.71. The second-order valence-corrected chi connectivity index (χ2v) is 27.4. The van der Waals surface area contributed by atoms with Crippen LogP contribution in [0.5, 0.6) is 0 Å². The molecule has 0 radical (unpaired) electrons. The van der Waals surface area contributed by atoms with Gasteiger partial charge in [-0.15, -0.1) is 0 Å². The summed E-state index contributed by atoms with van der Waals surface area (Å²) in [6.45, 7) is 32.3. The van der Waals surface area contributed by atoms with Crippen molar-refractivity contribution in [2.24, 2.45) is 35.5 Å². The van der Waals surface area contributed by atoms with Gasteiger partial charge < -0.3 is 76.5 Å². The smallest absolute Gasteiger partial charge is 0.323 e. The minimum Gasteiger partial charge on any atom is -0.480 e. The molecule has 0 bridgehead atoms. The topological polar surface area (TPSA) is 346 Å². The van der Waals surface area contributed by atoms with Gasteiger partial charge in [0.25, 0.3) is 0 Å². The monoisotopic (exact) mass is 1280 g/mol. The first-order chi connectivity index (χ1) is 41.3. The molecule has 26 nitrogen and oxygen atoms in total. The van der Waals surface area contributed by atoms with Crippen molar-refractivity contribution in [1.82, 2.24) is 56.4 Å². The Morgan fingerprint density at radius 3 is 1.32 bits per heavy atom. The van der Waals surface area contributed by atoms with Crippen LogP contribution in [0.4, 0.5) is 0 Å². The summed E-state index contributed by atoms with van der Waals surface area (Å²) >= 11 is 0. The minimum absolute atomic E-state index is 0.0311. The van der Waals surface area contributed by atoms with E-state index in [0.717, 1.165) is 14.7 Å². The highest BCUT2D eigenvalue weighted by Crippen LogP contribution is 2.24. The molecule has 0 aromatic rings. The van der Waals surface area contributed by atoms with Gasteiger partial charge in [0.1, 0.15) is 67.0 Å². The standard InChI is InChI=1S/C64H117N11O15/c1-26-27-28-39(12)53(79)52(58(84)70-49(42(15)76)62(88)71(21)33-48(77)78)75(25)63(89)51(38(10)11)74(24)61(87)45(30-35(4)5)68-56(82)47(32-37(8)9)72(22)59(85)41(14)67-54(80)40(13)66-55(81)46(31-36(6)7)73(23)60(86)44(29-34(2)3)69-57(83)50(65-20)43(16)90-64(17,18)19/h26-27,34-47,49-53,65,76,79H,28-33H2,1-25H3,(H,66,81)(H,67,80)(H,68,82)(H,69,83)(H,70,84)(H,77,78)/t39-,40+,41-,42-,43?,44+,45+,46+,47+,49+,50+,51+,52+,53-/m1/s1. The van der Waals surface area contributed by atoms with Crippen molar-refractivity contribution in [1.29, 1.82) is 0 Å². The largest absolute Gasteiger partial charge is 0.480 e. The molecule has 90 heavy (non-hydrogen) atoms. The second-order valence-electron chi connectivity index (χ2n) is 27.4. The zero-order chi connectivity index (χ0) is 70.3. The van der Waals surface area contributed by atoms with Crippen LogP contribution in [0.15, 0.2) is 12.2 Å². The fourth-order valence-corrected chi connectivity index (χ4v) is 10.7. The van der Waals surface area contributed by atoms with Gasteiger partial charge in [0.2, 0.25) is 59.1 Å². The Balaban J connectivity index is 6.92. The van der Waals surface area contributed by atoms with E-state index in [1.54, 1.807) is 53.8 Å². The van der Waals surface area contributed by atoms with Crippen molar-refractivity contribution < 1.29 is 72.8 Å². The number of likely N-dealkylation sites (N-methyl/N-ethyl adjacent to an activating group) is 6. The maximum absolute atomic E-state index is 14.9. The zero-order valence-corrected chi connectivity index (χ0v) is 58.8. The van der Waals surface area contributed by atoms with Gasteiger partial charge >= 0.3 is 5.97 Å². The highest BCUT2D eigenvalue weighted by molar-refractivity contribution is 5.99. The molecule has 9 N–H and O–H groups in total. The highest BCUT2D eigenvalue weighted by atomic mass is 16.5. The number of carbonyl (C=O) groups excluding carboxylic acids is 10. The predicted molar refractivity (Wildman–Crippen MR) is 345 cm³/mol. The molecule has 0 saturated carbocycles. The van der Waals surface area contributed by atoms with E-state index in [2.05, 4.69) is 31.9 Å². The number of aliphatic carboxylic acids is 1. The maximum atomic E-state index is 14.9. The Bertz CT molecular complexity index is 2410. The van der Waals surface area contributed by atoms with Crippen molar-refractivity contribution >= 4 is 65.0 Å². The zero-order valence-electron chi connectivity index (χ0n) is 58.8. The third-order valence-electron chi connectivity index (χ3n) is 15.5. The van der Waals surface area contributed by atoms with E-state index in [9.17, 15) is 68.1 Å². The Morgan fingerprint density at radius 1 is 0.489 bits per heavy atom. The fourth-order valence-electron chi connectivity index (χ4n) is 10.7. The Kier molecular flexibility index (Phi) is 35.9. The first-order valence-corrected chi connectivity index (χ1v) is 31.7. The summed E-state index contributed by atoms with van der Waals surface area (Å²) in [5.41, 5.74) is -0.551. The maximum Gasteiger partial charge on any atom is 0.323 e. The SMILES string of the molecule is CC=CC[C@@H](C)[C@@H](O)[C@@H](C(=O)N[C@H](C(=O)N(C)CC(=O)O)[C@@H](C)O)N(C)C(=O)[C@H](C(C)C)N(C)C(=O)[C@H](CC(C)C)NC(=O)[C@H](CC(C)C)N(C)C(=O)[C@@H](C)NC(=O)[C@H](C)NC(=O)[C@H](CC(C)C)N(C)C(=O)[C@H](CC(C)C)NC(=O)[C@@H](NC)C(C)OC(C)(C)C. The number of hydrogen-bond acceptors (Lipinski definition) is 15. The van der Waals surface area contributed by atoms with Crippen molar-refractivity contribution in [3.8, 4) is 0 Å². The number of carbonyl (C=O) groups is 11. The molecular formula is C64H117N11O15. The van der Waals surface area contributed by atoms with Crippen LogP contribution in [-0.4, -0.2) is 238 Å². The number of nitrogens with one attached hydrogen (secondary N) is 6. The highest BCUT2D eigenvalue weighted by Gasteiger charge is 2.45. The first kappa shape index (κ1) is 83.8. The summed E-state index contributed by atoms with van der Waals surface area (Å²) in [4.78, 5) is 159. The van der Waals surface area contributed by atoms with E-state index in [-0.39, 0.29) is 55.8 Å². The number of carboxylic acids is 1. The van der Waals surface area contributed by atoms with Crippen LogP contribution in [0.25, 0.3) is 0 Å². The van der Waals surface area contributed by atoms with Crippen LogP contribution in [0.1, 0.15) is 164 Å². The van der Waals surface area contributed by atoms with E-state index in [1.165, 1.54) is 65.8 Å². The van der Waals surface area contributed by atoms with Gasteiger partial charge in [-0.2, -0.15) is 0 Å². The molecule has 0 spiro atoms. The first-order valence-electron chi connectivity index (χ1n) is 31.7. The van der Waals surface area contributed by atoms with Crippen LogP contribution in [0.2, 0.25) is 0 Å². The van der Waals surface area contributed by atoms with Crippen LogP contribution in [-0.2, 0) is 57.5 Å². The number of nitrogens with zero attached hydrogens (tertiary/aromatic N) is 5. The average Bonchev–Trinajstić information content (AvgIpc) is 0.860. The van der Waals surface area contributed by atoms with Gasteiger partial charge in [-0.1, -0.05) is 88.3 Å². The molecule has 0 heterocycles. The fraction of sp³-hybridized carbons (Fsp3) is 0.797. The lowest BCUT2D eigenvalue weighted by Crippen LogP contribution is -2.64. The number of rotatable bonds is 38. The number of carboxylic acid groups (broad SMARTS) is 1. The van der Waals surface area contributed by atoms with Crippen molar-refractivity contribution in [3.63, 3.8) is 0 Å². The van der Waals surface area contributed by atoms with E-state index in [0.29, 0.717) is 0 Å². The van der Waals surface area contributed by atoms with Crippen molar-refractivity contribution in [2.75, 3.05) is 48.8 Å². The number of ether oxygens (including phenoxy) is 1. The quantitative estimate of drug-likeness (QED) is 0.0401. The number of aliphatic hydroxyl groups excluding tert-OH is 2. The predicted octanol–water partition coefficient (Wildman–Crippen LogP) is 2.28. The molecule has 0 aliphatic heterocycles. The molecule has 0 fully saturated rings. The Labute approximate surface area is 536 Å². The summed E-state index contributed by atoms with van der Waals surface area (Å²) in [7, 11) is 8.29. The summed E-state index contributed by atoms with van der Waals surface area (Å²) in [5.74, 6) is -10.4. The van der Waals surface area contributed by atoms with Crippen LogP contribution in [0, 0.1) is 35.5 Å². The molecule has 0 rings (SSSR count). The van der Waals surface area contributed by atoms with Gasteiger partial charge in [-0.05, 0) is 130 Å². The number of amides is 10. The normalized spacial score (nSPS) is 16.7.